The summed E-state index contributed by atoms with van der Waals surface area (Å²) in [7, 11) is 0. The van der Waals surface area contributed by atoms with E-state index in [1.165, 1.54) is 93.5 Å². The molecule has 0 saturated heterocycles. The van der Waals surface area contributed by atoms with Crippen LogP contribution < -0.4 is 71.5 Å². The van der Waals surface area contributed by atoms with E-state index >= 15 is 0 Å². The van der Waals surface area contributed by atoms with Crippen molar-refractivity contribution in [3.05, 3.63) is 311 Å². The summed E-state index contributed by atoms with van der Waals surface area (Å²) in [5, 5.41) is 194. The predicted octanol–water partition coefficient (Wildman–Crippen LogP) is -2.04. The minimum atomic E-state index is -1.52. The van der Waals surface area contributed by atoms with Crippen molar-refractivity contribution in [2.45, 2.75) is 188 Å². The molecule has 136 heavy (non-hydrogen) atoms. The Morgan fingerprint density at radius 3 is 0.397 bits per heavy atom. The molecular formula is C77H96Cu9N28O22. The number of aliphatic hydroxyl groups is 1. The maximum atomic E-state index is 12.2. The molecule has 0 amide bonds. The zero-order valence-electron chi connectivity index (χ0n) is 75.5. The van der Waals surface area contributed by atoms with Gasteiger partial charge < -0.3 is 155 Å². The Labute approximate surface area is 877 Å². The molecule has 0 aliphatic rings. The molecule has 0 saturated carbocycles. The average Bonchev–Trinajstić information content (AvgIpc) is 1.68. The van der Waals surface area contributed by atoms with Crippen molar-refractivity contribution in [1.29, 1.82) is 0 Å². The molecule has 59 heteroatoms. The fraction of sp³-hybridized carbons (Fsp3) is 0.377. The van der Waals surface area contributed by atoms with E-state index in [1.807, 2.05) is 0 Å². The van der Waals surface area contributed by atoms with E-state index < -0.39 is 85.6 Å². The Morgan fingerprint density at radius 1 is 0.265 bits per heavy atom. The third kappa shape index (κ3) is 64.6. The van der Waals surface area contributed by atoms with Gasteiger partial charge >= 0.3 is 154 Å². The summed E-state index contributed by atoms with van der Waals surface area (Å²) in [6.45, 7) is 33.3. The molecule has 8 heterocycles. The van der Waals surface area contributed by atoms with Crippen molar-refractivity contribution in [3.8, 4) is 0 Å². The first-order chi connectivity index (χ1) is 58.8. The molecular weight excluding hydrogens is 2240 g/mol. The van der Waals surface area contributed by atoms with Crippen LogP contribution in [0.2, 0.25) is 0 Å². The van der Waals surface area contributed by atoms with Crippen molar-refractivity contribution < 1.29 is 264 Å². The minimum absolute atomic E-state index is 0. The van der Waals surface area contributed by atoms with Crippen LogP contribution >= 0.6 is 0 Å². The van der Waals surface area contributed by atoms with Gasteiger partial charge in [-0.1, -0.05) is 91.0 Å². The minimum Gasteiger partial charge on any atom is -0.834 e. The second kappa shape index (κ2) is 86.3. The first kappa shape index (κ1) is 157. The van der Waals surface area contributed by atoms with E-state index in [1.54, 1.807) is 221 Å². The first-order valence-corrected chi connectivity index (χ1v) is 36.1. The number of hydrogen-bond acceptors (Lipinski definition) is 29. The van der Waals surface area contributed by atoms with Gasteiger partial charge in [-0.3, -0.25) is 57.1 Å². The third-order valence-electron chi connectivity index (χ3n) is 14.3. The Morgan fingerprint density at radius 2 is 0.346 bits per heavy atom. The second-order valence-corrected chi connectivity index (χ2v) is 25.2. The summed E-state index contributed by atoms with van der Waals surface area (Å²) in [6, 6.07) is 38.4. The molecule has 0 fully saturated rings. The molecule has 0 unspecified atom stereocenters. The number of carboxylic acid groups (broad SMARTS) is 6. The number of aryl methyl sites for hydroxylation is 16. The summed E-state index contributed by atoms with van der Waals surface area (Å²) in [5.74, 6) is -6.64. The number of benzene rings is 3. The van der Waals surface area contributed by atoms with Gasteiger partial charge in [-0.2, -0.15) is 40.8 Å². The number of aliphatic hydroxyl groups excluding tert-OH is 1. The zero-order valence-corrected chi connectivity index (χ0v) is 83.9. The number of carbonyl (C=O) groups is 6. The van der Waals surface area contributed by atoms with Crippen molar-refractivity contribution in [3.63, 3.8) is 0 Å². The second-order valence-electron chi connectivity index (χ2n) is 25.2. The zero-order chi connectivity index (χ0) is 98.1. The molecule has 8 aromatic heterocycles. The number of carbonyl (C=O) groups excluding carboxylic acids is 6. The summed E-state index contributed by atoms with van der Waals surface area (Å²) in [6.07, 6.45) is -12.1. The molecule has 11 rings (SSSR count). The van der Waals surface area contributed by atoms with Gasteiger partial charge in [0.2, 0.25) is 0 Å². The number of aromatic carboxylic acids is 3. The normalized spacial score (nSPS) is 10.5. The first-order valence-electron chi connectivity index (χ1n) is 36.1. The van der Waals surface area contributed by atoms with Crippen molar-refractivity contribution >= 4 is 35.8 Å². The number of aliphatic carboxylic acids is 3. The van der Waals surface area contributed by atoms with E-state index in [9.17, 15) is 70.6 Å². The largest absolute Gasteiger partial charge is 2.00 e. The Balaban J connectivity index is -0.000000102. The number of hydrogen-bond donors (Lipinski definition) is 1. The molecule has 50 nitrogen and oxygen atoms in total. The maximum Gasteiger partial charge on any atom is 2.00 e. The fourth-order valence-electron chi connectivity index (χ4n) is 9.92. The van der Waals surface area contributed by atoms with Crippen LogP contribution in [0.5, 0.6) is 0 Å². The summed E-state index contributed by atoms with van der Waals surface area (Å²) < 4.78 is 9.81. The van der Waals surface area contributed by atoms with Crippen LogP contribution in [0.25, 0.3) is 63.9 Å². The van der Waals surface area contributed by atoms with Gasteiger partial charge in [-0.15, -0.1) is 0 Å². The third-order valence-corrected chi connectivity index (χ3v) is 14.3. The van der Waals surface area contributed by atoms with Gasteiger partial charge in [0.25, 0.3) is 0 Å². The molecule has 0 aliphatic carbocycles. The molecule has 9 radical (unpaired) electrons. The molecule has 11 aromatic rings. The maximum absolute atomic E-state index is 12.2. The smallest absolute Gasteiger partial charge is 0.834 e. The van der Waals surface area contributed by atoms with Crippen molar-refractivity contribution in [1.82, 2.24) is 78.2 Å². The van der Waals surface area contributed by atoms with Gasteiger partial charge in [0.15, 0.2) is 0 Å². The van der Waals surface area contributed by atoms with Crippen LogP contribution in [0.15, 0.2) is 140 Å². The Kier molecular flexibility index (Phi) is 99.4. The van der Waals surface area contributed by atoms with Gasteiger partial charge in [-0.05, 0) is 254 Å². The summed E-state index contributed by atoms with van der Waals surface area (Å²) in [4.78, 5) is 62.9. The van der Waals surface area contributed by atoms with Crippen LogP contribution in [0.3, 0.4) is 0 Å². The topological polar surface area (TPSA) is 854 Å². The van der Waals surface area contributed by atoms with Gasteiger partial charge in [0.05, 0.1) is 63.5 Å². The number of nitrogens with zero attached hydrogens (tertiary/aromatic N) is 28. The van der Waals surface area contributed by atoms with Crippen LogP contribution in [-0.4, -0.2) is 131 Å². The molecule has 0 spiro atoms. The van der Waals surface area contributed by atoms with Gasteiger partial charge in [0, 0.05) is 70.1 Å². The standard InChI is InChI=1S/4C12H16N4O2.3C7H6O2.3C2H4O2.C2H6O.9Cu.4N3.H2O/c4*1-7-5-9(3)15(13-7)11(17)12(18)16-10(4)6-8(2)14-16;3*8-7(9)6-4-2-1-3-5-6;3*1-2(3)4;1-2-3;;;;;;;;;;4*1-3-2;/h4*5-6,11-12H,1-4H3;3*1-5H,(H,8,9);3*1H3,(H,3,4);3H,2H2,1H3;;;;;;;;;;;;;;1H2/q4*-2;;;;;;;;9*+2;4*-1;/p-6/t4*11-,12-;;;;;;;;;;;;;;;;;;;;;/m1111...................../s1. The van der Waals surface area contributed by atoms with Crippen LogP contribution in [0, 0.1) is 111 Å². The van der Waals surface area contributed by atoms with E-state index in [0.29, 0.717) is 45.6 Å². The molecule has 0 aliphatic heterocycles. The summed E-state index contributed by atoms with van der Waals surface area (Å²) >= 11 is 0. The van der Waals surface area contributed by atoms with Crippen LogP contribution in [0.1, 0.15) is 200 Å². The van der Waals surface area contributed by atoms with Crippen LogP contribution in [0.4, 0.5) is 0 Å². The van der Waals surface area contributed by atoms with Crippen LogP contribution in [-0.2, 0) is 168 Å². The Hall–Kier alpha value is -10.3. The average molecular weight is 2340 g/mol. The fourth-order valence-corrected chi connectivity index (χ4v) is 9.92. The molecule has 0 bridgehead atoms. The van der Waals surface area contributed by atoms with Crippen molar-refractivity contribution in [2.75, 3.05) is 6.61 Å². The molecule has 3 N–H and O–H groups in total. The van der Waals surface area contributed by atoms with Gasteiger partial charge in [-0.25, -0.2) is 0 Å². The summed E-state index contributed by atoms with van der Waals surface area (Å²) in [5.41, 5.74) is 66.0. The Bertz CT molecular complexity index is 4430. The van der Waals surface area contributed by atoms with E-state index in [0.717, 1.165) is 66.3 Å². The molecule has 3 aromatic carbocycles. The predicted molar refractivity (Wildman–Crippen MR) is 427 cm³/mol. The van der Waals surface area contributed by atoms with Gasteiger partial charge in [0.1, 0.15) is 0 Å². The van der Waals surface area contributed by atoms with E-state index in [-0.39, 0.29) is 182 Å². The number of carboxylic acids is 6. The van der Waals surface area contributed by atoms with Crippen molar-refractivity contribution in [2.24, 2.45) is 0 Å². The van der Waals surface area contributed by atoms with E-state index in [2.05, 4.69) is 40.8 Å². The SMILES string of the molecule is CC(=O)[O-].CC(=O)[O-].CC(=O)[O-].CCO.Cc1cc(C)n([C@H]([O-])[C@@H]([O-])n2nc(C)cc2C)n1.Cc1cc(C)n([C@H]([O-])[C@@H]([O-])n2nc(C)cc2C)n1.Cc1cc(C)n([C@H]([O-])[C@@H]([O-])n2nc(C)cc2C)n1.Cc1cc(C)n([C@H]([O-])[C@@H]([O-])n2nc(C)cc2C)n1.O.O=C([O-])c1ccccc1.O=C([O-])c1ccccc1.O=C([O-])c1ccccc1.[Cu+2].[Cu+2].[Cu+2].[Cu+2].[Cu+2].[Cu+2].[Cu+2].[Cu+2].[Cu+2].[N-]=[N+]=[N-].[N-]=[N+]=[N-].[N-]=[N+]=[N-].[N-]=[N+]=[N-]. The molecule has 775 valence electrons. The number of rotatable bonds is 15. The van der Waals surface area contributed by atoms with E-state index in [4.69, 9.17) is 79.1 Å². The monoisotopic (exact) mass is 2330 g/mol. The molecule has 8 atom stereocenters. The quantitative estimate of drug-likeness (QED) is 0.0500. The number of aromatic nitrogens is 16.